The van der Waals surface area contributed by atoms with Crippen LogP contribution in [0.3, 0.4) is 0 Å². The van der Waals surface area contributed by atoms with Crippen LogP contribution in [0.1, 0.15) is 42.9 Å². The average Bonchev–Trinajstić information content (AvgIpc) is 2.88. The van der Waals surface area contributed by atoms with Gasteiger partial charge in [0.15, 0.2) is 11.5 Å². The lowest BCUT2D eigenvalue weighted by atomic mass is 9.87. The molecule has 0 aliphatic rings. The molecule has 0 atom stereocenters. The molecular weight excluding hydrogens is 444 g/mol. The van der Waals surface area contributed by atoms with Gasteiger partial charge < -0.3 is 29.5 Å². The maximum Gasteiger partial charge on any atom is 0.161 e. The van der Waals surface area contributed by atoms with E-state index in [0.717, 1.165) is 47.1 Å². The zero-order chi connectivity index (χ0) is 25.0. The van der Waals surface area contributed by atoms with Crippen LogP contribution in [0, 0.1) is 0 Å². The maximum absolute atomic E-state index is 9.87. The van der Waals surface area contributed by atoms with Gasteiger partial charge in [0.1, 0.15) is 18.1 Å². The van der Waals surface area contributed by atoms with Gasteiger partial charge in [-0.3, -0.25) is 0 Å². The molecule has 0 radical (unpaired) electrons. The molecule has 186 valence electrons. The zero-order valence-corrected chi connectivity index (χ0v) is 20.4. The number of rotatable bonds is 13. The zero-order valence-electron chi connectivity index (χ0n) is 20.4. The highest BCUT2D eigenvalue weighted by Crippen LogP contribution is 2.39. The Bertz CT molecular complexity index is 1040. The second-order valence-electron chi connectivity index (χ2n) is 8.10. The molecule has 3 aromatic carbocycles. The van der Waals surface area contributed by atoms with Gasteiger partial charge in [-0.25, -0.2) is 0 Å². The minimum Gasteiger partial charge on any atom is -0.508 e. The monoisotopic (exact) mass is 478 g/mol. The third-order valence-corrected chi connectivity index (χ3v) is 5.63. The first-order chi connectivity index (χ1) is 17.1. The van der Waals surface area contributed by atoms with Crippen LogP contribution >= 0.6 is 0 Å². The van der Waals surface area contributed by atoms with Crippen LogP contribution < -0.4 is 9.47 Å². The Morgan fingerprint density at radius 2 is 1.34 bits per heavy atom. The number of benzene rings is 3. The molecule has 0 amide bonds. The lowest BCUT2D eigenvalue weighted by Crippen LogP contribution is -2.09. The summed E-state index contributed by atoms with van der Waals surface area (Å²) < 4.78 is 16.8. The molecule has 3 aromatic rings. The fraction of sp³-hybridized carbons (Fsp3) is 0.310. The smallest absolute Gasteiger partial charge is 0.161 e. The van der Waals surface area contributed by atoms with E-state index in [9.17, 15) is 10.2 Å². The molecule has 6 heteroatoms. The van der Waals surface area contributed by atoms with Crippen LogP contribution in [0.5, 0.6) is 23.0 Å². The Balaban J connectivity index is 2.12. The molecule has 0 spiro atoms. The van der Waals surface area contributed by atoms with E-state index in [2.05, 4.69) is 6.92 Å². The van der Waals surface area contributed by atoms with Gasteiger partial charge in [-0.2, -0.15) is 0 Å². The molecule has 0 fully saturated rings. The first-order valence-electron chi connectivity index (χ1n) is 11.9. The van der Waals surface area contributed by atoms with Gasteiger partial charge in [0.05, 0.1) is 26.9 Å². The lowest BCUT2D eigenvalue weighted by Gasteiger charge is -2.19. The first kappa shape index (κ1) is 26.1. The molecule has 0 unspecified atom stereocenters. The average molecular weight is 479 g/mol. The molecule has 0 aromatic heterocycles. The van der Waals surface area contributed by atoms with E-state index >= 15 is 0 Å². The van der Waals surface area contributed by atoms with Gasteiger partial charge in [0.25, 0.3) is 0 Å². The summed E-state index contributed by atoms with van der Waals surface area (Å²) >= 11 is 0. The van der Waals surface area contributed by atoms with Gasteiger partial charge >= 0.3 is 0 Å². The molecule has 0 aliphatic carbocycles. The van der Waals surface area contributed by atoms with Crippen LogP contribution in [-0.2, 0) is 4.74 Å². The molecule has 3 N–H and O–H groups in total. The Morgan fingerprint density at radius 1 is 0.743 bits per heavy atom. The summed E-state index contributed by atoms with van der Waals surface area (Å²) in [5, 5.41) is 28.6. The number of phenols is 2. The topological polar surface area (TPSA) is 88.4 Å². The predicted octanol–water partition coefficient (Wildman–Crippen LogP) is 5.64. The molecule has 3 rings (SSSR count). The molecule has 0 aliphatic heterocycles. The number of allylic oxidation sites excluding steroid dienone is 1. The summed E-state index contributed by atoms with van der Waals surface area (Å²) in [4.78, 5) is 0. The van der Waals surface area contributed by atoms with Crippen LogP contribution in [0.25, 0.3) is 11.1 Å². The van der Waals surface area contributed by atoms with Crippen LogP contribution in [0.15, 0.2) is 66.7 Å². The van der Waals surface area contributed by atoms with Gasteiger partial charge in [-0.15, -0.1) is 0 Å². The second kappa shape index (κ2) is 13.4. The van der Waals surface area contributed by atoms with E-state index in [1.54, 1.807) is 31.4 Å². The third kappa shape index (κ3) is 7.25. The number of hydrogen-bond acceptors (Lipinski definition) is 6. The molecule has 0 heterocycles. The number of aliphatic hydroxyl groups excluding tert-OH is 1. The molecule has 6 nitrogen and oxygen atoms in total. The largest absolute Gasteiger partial charge is 0.508 e. The van der Waals surface area contributed by atoms with Crippen molar-refractivity contribution in [1.29, 1.82) is 0 Å². The lowest BCUT2D eigenvalue weighted by molar-refractivity contribution is 0.0699. The van der Waals surface area contributed by atoms with E-state index in [0.29, 0.717) is 24.7 Å². The van der Waals surface area contributed by atoms with Gasteiger partial charge in [-0.05, 0) is 77.1 Å². The van der Waals surface area contributed by atoms with Gasteiger partial charge in [0, 0.05) is 0 Å². The minimum absolute atomic E-state index is 0.0261. The number of methoxy groups -OCH3 is 1. The highest BCUT2D eigenvalue weighted by molar-refractivity contribution is 5.99. The number of aliphatic hydroxyl groups is 1. The summed E-state index contributed by atoms with van der Waals surface area (Å²) in [6, 6.07) is 20.3. The molecule has 0 saturated carbocycles. The number of aromatic hydroxyl groups is 2. The van der Waals surface area contributed by atoms with Gasteiger partial charge in [-0.1, -0.05) is 43.7 Å². The van der Waals surface area contributed by atoms with Crippen molar-refractivity contribution >= 4 is 11.1 Å². The van der Waals surface area contributed by atoms with Crippen molar-refractivity contribution in [2.24, 2.45) is 0 Å². The molecular formula is C29H34O6. The Kier molecular flexibility index (Phi) is 10.0. The third-order valence-electron chi connectivity index (χ3n) is 5.63. The second-order valence-corrected chi connectivity index (χ2v) is 8.10. The summed E-state index contributed by atoms with van der Waals surface area (Å²) in [6.45, 7) is 3.09. The fourth-order valence-corrected chi connectivity index (χ4v) is 3.89. The van der Waals surface area contributed by atoms with Crippen molar-refractivity contribution in [1.82, 2.24) is 0 Å². The Morgan fingerprint density at radius 3 is 1.89 bits per heavy atom. The van der Waals surface area contributed by atoms with E-state index in [4.69, 9.17) is 19.3 Å². The minimum atomic E-state index is -0.0261. The summed E-state index contributed by atoms with van der Waals surface area (Å²) in [5.41, 5.74) is 5.10. The molecule has 0 saturated heterocycles. The highest BCUT2D eigenvalue weighted by atomic mass is 16.5. The standard InChI is InChI=1S/C29H34O6/c1-3-4-5-26(23-10-15-27(33-2)28(20-23)35-19-18-34-17-16-30)29(21-6-11-24(31)12-7-21)22-8-13-25(32)14-9-22/h6-15,20,30-32H,3-5,16-19H2,1-2H3. The number of phenolic OH excluding ortho intramolecular Hbond substituents is 2. The number of unbranched alkanes of at least 4 members (excludes halogenated alkanes) is 1. The predicted molar refractivity (Wildman–Crippen MR) is 138 cm³/mol. The summed E-state index contributed by atoms with van der Waals surface area (Å²) in [7, 11) is 1.61. The van der Waals surface area contributed by atoms with E-state index in [-0.39, 0.29) is 24.7 Å². The fourth-order valence-electron chi connectivity index (χ4n) is 3.89. The van der Waals surface area contributed by atoms with Crippen molar-refractivity contribution in [3.05, 3.63) is 83.4 Å². The Hall–Kier alpha value is -3.48. The van der Waals surface area contributed by atoms with Gasteiger partial charge in [0.2, 0.25) is 0 Å². The number of hydrogen-bond donors (Lipinski definition) is 3. The summed E-state index contributed by atoms with van der Waals surface area (Å²) in [6.07, 6.45) is 2.86. The van der Waals surface area contributed by atoms with Crippen LogP contribution in [-0.4, -0.2) is 48.9 Å². The first-order valence-corrected chi connectivity index (χ1v) is 11.9. The van der Waals surface area contributed by atoms with Crippen molar-refractivity contribution in [3.63, 3.8) is 0 Å². The van der Waals surface area contributed by atoms with Crippen molar-refractivity contribution in [3.8, 4) is 23.0 Å². The Labute approximate surface area is 207 Å². The van der Waals surface area contributed by atoms with E-state index in [1.807, 2.05) is 42.5 Å². The normalized spacial score (nSPS) is 10.7. The molecule has 35 heavy (non-hydrogen) atoms. The maximum atomic E-state index is 9.87. The highest BCUT2D eigenvalue weighted by Gasteiger charge is 2.17. The van der Waals surface area contributed by atoms with E-state index in [1.165, 1.54) is 0 Å². The van der Waals surface area contributed by atoms with Crippen molar-refractivity contribution in [2.45, 2.75) is 26.2 Å². The quantitative estimate of drug-likeness (QED) is 0.218. The SMILES string of the molecule is CCCCC(=C(c1ccc(O)cc1)c1ccc(O)cc1)c1ccc(OC)c(OCCOCCO)c1. The number of ether oxygens (including phenoxy) is 3. The van der Waals surface area contributed by atoms with E-state index < -0.39 is 0 Å². The van der Waals surface area contributed by atoms with Crippen LogP contribution in [0.2, 0.25) is 0 Å². The van der Waals surface area contributed by atoms with Crippen molar-refractivity contribution < 1.29 is 29.5 Å². The molecule has 0 bridgehead atoms. The van der Waals surface area contributed by atoms with Crippen LogP contribution in [0.4, 0.5) is 0 Å². The van der Waals surface area contributed by atoms with Crippen molar-refractivity contribution in [2.75, 3.05) is 33.5 Å². The summed E-state index contributed by atoms with van der Waals surface area (Å²) in [5.74, 6) is 1.65.